The van der Waals surface area contributed by atoms with E-state index in [1.54, 1.807) is 11.6 Å². The van der Waals surface area contributed by atoms with Crippen molar-refractivity contribution in [3.63, 3.8) is 0 Å². The molecule has 4 aromatic heterocycles. The van der Waals surface area contributed by atoms with Crippen molar-refractivity contribution >= 4 is 50.7 Å². The van der Waals surface area contributed by atoms with E-state index >= 15 is 0 Å². The number of amides is 2. The summed E-state index contributed by atoms with van der Waals surface area (Å²) in [5.74, 6) is -1.83. The summed E-state index contributed by atoms with van der Waals surface area (Å²) in [5, 5.41) is 9.62. The van der Waals surface area contributed by atoms with Crippen LogP contribution in [0.25, 0.3) is 21.3 Å². The quantitative estimate of drug-likeness (QED) is 0.288. The van der Waals surface area contributed by atoms with Gasteiger partial charge in [0.2, 0.25) is 5.91 Å². The fraction of sp³-hybridized carbons (Fsp3) is 0.318. The third kappa shape index (κ3) is 4.82. The zero-order valence-electron chi connectivity index (χ0n) is 20.0. The van der Waals surface area contributed by atoms with Gasteiger partial charge in [0.15, 0.2) is 5.69 Å². The first-order chi connectivity index (χ1) is 17.7. The van der Waals surface area contributed by atoms with Gasteiger partial charge in [0.1, 0.15) is 21.9 Å². The van der Waals surface area contributed by atoms with Crippen LogP contribution in [-0.4, -0.2) is 36.4 Å². The number of pyridine rings is 1. The monoisotopic (exact) mass is 575 g/mol. The largest absolute Gasteiger partial charge is 0.436 e. The lowest BCUT2D eigenvalue weighted by Crippen LogP contribution is -2.22. The molecule has 4 rings (SSSR count). The van der Waals surface area contributed by atoms with Crippen LogP contribution >= 0.6 is 22.9 Å². The number of halogens is 6. The van der Waals surface area contributed by atoms with Gasteiger partial charge in [0, 0.05) is 23.2 Å². The normalized spacial score (nSPS) is 12.1. The number of alkyl halides is 5. The predicted molar refractivity (Wildman–Crippen MR) is 130 cm³/mol. The molecule has 202 valence electrons. The molecule has 0 radical (unpaired) electrons. The SMILES string of the molecule is CCn1ncc(-c2cc(C(F)F)nc3sc(C(N)=O)c(NC(=O)Cn4nc(C(F)(F)F)c(Cl)c4C)c23)c1C. The lowest BCUT2D eigenvalue weighted by Gasteiger charge is -2.11. The Morgan fingerprint density at radius 3 is 2.39 bits per heavy atom. The Morgan fingerprint density at radius 1 is 1.18 bits per heavy atom. The molecule has 0 unspecified atom stereocenters. The van der Waals surface area contributed by atoms with E-state index in [0.717, 1.165) is 10.7 Å². The third-order valence-electron chi connectivity index (χ3n) is 5.78. The average Bonchev–Trinajstić information content (AvgIpc) is 3.47. The number of carbonyl (C=O) groups excluding carboxylic acids is 2. The Labute approximate surface area is 220 Å². The number of primary amides is 1. The van der Waals surface area contributed by atoms with Crippen molar-refractivity contribution < 1.29 is 31.5 Å². The highest BCUT2D eigenvalue weighted by molar-refractivity contribution is 7.21. The van der Waals surface area contributed by atoms with E-state index in [2.05, 4.69) is 20.5 Å². The summed E-state index contributed by atoms with van der Waals surface area (Å²) in [6.45, 7) is 4.62. The Hall–Kier alpha value is -3.59. The van der Waals surface area contributed by atoms with E-state index in [0.29, 0.717) is 29.1 Å². The summed E-state index contributed by atoms with van der Waals surface area (Å²) in [6, 6.07) is 1.14. The second-order valence-corrected chi connectivity index (χ2v) is 9.53. The van der Waals surface area contributed by atoms with Gasteiger partial charge in [-0.05, 0) is 32.4 Å². The van der Waals surface area contributed by atoms with E-state index in [-0.39, 0.29) is 32.0 Å². The molecule has 4 aromatic rings. The van der Waals surface area contributed by atoms with Gasteiger partial charge >= 0.3 is 6.18 Å². The summed E-state index contributed by atoms with van der Waals surface area (Å²) in [6.07, 6.45) is -6.31. The molecule has 4 heterocycles. The van der Waals surface area contributed by atoms with Gasteiger partial charge in [-0.3, -0.25) is 19.0 Å². The molecular formula is C22H19ClF5N7O2S. The highest BCUT2D eigenvalue weighted by atomic mass is 35.5. The maximum atomic E-state index is 13.7. The topological polar surface area (TPSA) is 121 Å². The minimum absolute atomic E-state index is 0.00298. The molecule has 0 saturated carbocycles. The second kappa shape index (κ2) is 9.94. The van der Waals surface area contributed by atoms with Crippen LogP contribution in [0.15, 0.2) is 12.3 Å². The van der Waals surface area contributed by atoms with E-state index in [1.807, 2.05) is 6.92 Å². The van der Waals surface area contributed by atoms with Gasteiger partial charge in [-0.1, -0.05) is 11.6 Å². The number of fused-ring (bicyclic) bond motifs is 1. The number of aromatic nitrogens is 5. The van der Waals surface area contributed by atoms with Crippen molar-refractivity contribution in [3.05, 3.63) is 44.9 Å². The van der Waals surface area contributed by atoms with Crippen molar-refractivity contribution in [3.8, 4) is 11.1 Å². The van der Waals surface area contributed by atoms with Crippen LogP contribution in [0.3, 0.4) is 0 Å². The number of hydrogen-bond acceptors (Lipinski definition) is 6. The van der Waals surface area contributed by atoms with Crippen molar-refractivity contribution in [2.45, 2.75) is 46.5 Å². The van der Waals surface area contributed by atoms with E-state index in [1.165, 1.54) is 13.1 Å². The minimum atomic E-state index is -4.84. The number of rotatable bonds is 7. The fourth-order valence-corrected chi connectivity index (χ4v) is 5.20. The number of hydrogen-bond donors (Lipinski definition) is 2. The number of nitrogens with one attached hydrogen (secondary N) is 1. The lowest BCUT2D eigenvalue weighted by molar-refractivity contribution is -0.141. The zero-order valence-corrected chi connectivity index (χ0v) is 21.5. The van der Waals surface area contributed by atoms with E-state index in [9.17, 15) is 31.5 Å². The van der Waals surface area contributed by atoms with E-state index < -0.39 is 47.4 Å². The Bertz CT molecular complexity index is 1570. The van der Waals surface area contributed by atoms with Gasteiger partial charge in [0.25, 0.3) is 12.3 Å². The molecule has 0 spiro atoms. The molecule has 0 aromatic carbocycles. The Balaban J connectivity index is 1.85. The number of nitrogens with two attached hydrogens (primary N) is 1. The van der Waals surface area contributed by atoms with Crippen molar-refractivity contribution in [1.82, 2.24) is 24.5 Å². The van der Waals surface area contributed by atoms with Gasteiger partial charge in [0.05, 0.1) is 22.6 Å². The van der Waals surface area contributed by atoms with Gasteiger partial charge < -0.3 is 11.1 Å². The second-order valence-electron chi connectivity index (χ2n) is 8.16. The smallest absolute Gasteiger partial charge is 0.365 e. The van der Waals surface area contributed by atoms with Crippen LogP contribution in [0.4, 0.5) is 27.6 Å². The summed E-state index contributed by atoms with van der Waals surface area (Å²) >= 11 is 6.45. The van der Waals surface area contributed by atoms with Crippen LogP contribution in [0.5, 0.6) is 0 Å². The van der Waals surface area contributed by atoms with Crippen molar-refractivity contribution in [2.75, 3.05) is 5.32 Å². The van der Waals surface area contributed by atoms with Crippen LogP contribution in [-0.2, 0) is 24.1 Å². The van der Waals surface area contributed by atoms with Crippen molar-refractivity contribution in [2.24, 2.45) is 5.73 Å². The molecule has 0 fully saturated rings. The molecule has 9 nitrogen and oxygen atoms in total. The molecule has 0 aliphatic heterocycles. The molecule has 2 amide bonds. The summed E-state index contributed by atoms with van der Waals surface area (Å²) in [7, 11) is 0. The van der Waals surface area contributed by atoms with Crippen molar-refractivity contribution in [1.29, 1.82) is 0 Å². The molecular weight excluding hydrogens is 557 g/mol. The molecule has 16 heteroatoms. The Morgan fingerprint density at radius 2 is 1.87 bits per heavy atom. The molecule has 0 bridgehead atoms. The Kier molecular flexibility index (Phi) is 7.18. The summed E-state index contributed by atoms with van der Waals surface area (Å²) in [4.78, 5) is 29.0. The maximum absolute atomic E-state index is 13.7. The maximum Gasteiger partial charge on any atom is 0.436 e. The number of anilines is 1. The molecule has 3 N–H and O–H groups in total. The minimum Gasteiger partial charge on any atom is -0.365 e. The van der Waals surface area contributed by atoms with Gasteiger partial charge in [-0.15, -0.1) is 11.3 Å². The number of thiophene rings is 1. The number of nitrogens with zero attached hydrogens (tertiary/aromatic N) is 5. The van der Waals surface area contributed by atoms with Crippen LogP contribution < -0.4 is 11.1 Å². The number of aryl methyl sites for hydroxylation is 1. The molecule has 0 aliphatic carbocycles. The predicted octanol–water partition coefficient (Wildman–Crippen LogP) is 5.34. The highest BCUT2D eigenvalue weighted by Gasteiger charge is 2.38. The first kappa shape index (κ1) is 27.4. The van der Waals surface area contributed by atoms with E-state index in [4.69, 9.17) is 17.3 Å². The van der Waals surface area contributed by atoms with Crippen LogP contribution in [0, 0.1) is 13.8 Å². The first-order valence-corrected chi connectivity index (χ1v) is 12.1. The molecule has 38 heavy (non-hydrogen) atoms. The van der Waals surface area contributed by atoms with Gasteiger partial charge in [-0.2, -0.15) is 23.4 Å². The molecule has 0 atom stereocenters. The fourth-order valence-electron chi connectivity index (χ4n) is 3.94. The standard InChI is InChI=1S/C22H19ClF5N7O2S/c1-4-34-8(2)11(6-30-34)10-5-12(19(24)25)31-21-14(10)16(17(38-21)20(29)37)32-13(36)7-35-9(3)15(23)18(33-35)22(26,27)28/h5-6,19H,4,7H2,1-3H3,(H2,29,37)(H,32,36). The third-order valence-corrected chi connectivity index (χ3v) is 7.33. The zero-order chi connectivity index (χ0) is 28.1. The average molecular weight is 576 g/mol. The van der Waals surface area contributed by atoms with Crippen LogP contribution in [0.1, 0.15) is 45.8 Å². The highest BCUT2D eigenvalue weighted by Crippen LogP contribution is 2.43. The summed E-state index contributed by atoms with van der Waals surface area (Å²) in [5.41, 5.74) is 4.69. The van der Waals surface area contributed by atoms with Crippen LogP contribution in [0.2, 0.25) is 5.02 Å². The number of carbonyl (C=O) groups is 2. The molecule has 0 aliphatic rings. The van der Waals surface area contributed by atoms with Gasteiger partial charge in [-0.25, -0.2) is 13.8 Å². The summed E-state index contributed by atoms with van der Waals surface area (Å²) < 4.78 is 69.3. The first-order valence-electron chi connectivity index (χ1n) is 10.9. The molecule has 0 saturated heterocycles. The lowest BCUT2D eigenvalue weighted by atomic mass is 10.0.